The Balaban J connectivity index is 2.95. The van der Waals surface area contributed by atoms with Crippen LogP contribution in [0.5, 0.6) is 0 Å². The van der Waals surface area contributed by atoms with Crippen LogP contribution in [-0.2, 0) is 11.2 Å². The van der Waals surface area contributed by atoms with Gasteiger partial charge in [0.2, 0.25) is 0 Å². The first kappa shape index (κ1) is 11.6. The van der Waals surface area contributed by atoms with Crippen LogP contribution >= 0.6 is 27.7 Å². The molecule has 14 heavy (non-hydrogen) atoms. The highest BCUT2D eigenvalue weighted by Crippen LogP contribution is 2.26. The van der Waals surface area contributed by atoms with Crippen molar-refractivity contribution < 1.29 is 9.90 Å². The number of hydrogen-bond donors (Lipinski definition) is 1. The second-order valence-corrected chi connectivity index (χ2v) is 4.98. The minimum absolute atomic E-state index is 0.0929. The molecule has 0 saturated heterocycles. The Morgan fingerprint density at radius 2 is 2.29 bits per heavy atom. The summed E-state index contributed by atoms with van der Waals surface area (Å²) >= 11 is 5.04. The lowest BCUT2D eigenvalue weighted by atomic mass is 10.1. The van der Waals surface area contributed by atoms with Crippen molar-refractivity contribution in [2.45, 2.75) is 18.2 Å². The molecular weight excluding hydrogens is 264 g/mol. The summed E-state index contributed by atoms with van der Waals surface area (Å²) in [6.45, 7) is 2.05. The van der Waals surface area contributed by atoms with E-state index in [-0.39, 0.29) is 6.42 Å². The molecule has 0 aliphatic heterocycles. The lowest BCUT2D eigenvalue weighted by Gasteiger charge is -2.06. The van der Waals surface area contributed by atoms with Gasteiger partial charge in [-0.3, -0.25) is 4.79 Å². The fourth-order valence-corrected chi connectivity index (χ4v) is 2.49. The van der Waals surface area contributed by atoms with Crippen LogP contribution in [0.15, 0.2) is 27.6 Å². The summed E-state index contributed by atoms with van der Waals surface area (Å²) in [4.78, 5) is 11.6. The van der Waals surface area contributed by atoms with Crippen molar-refractivity contribution in [3.63, 3.8) is 0 Å². The molecule has 0 aromatic heterocycles. The van der Waals surface area contributed by atoms with E-state index in [1.165, 1.54) is 0 Å². The number of halogens is 1. The molecule has 1 aromatic carbocycles. The summed E-state index contributed by atoms with van der Waals surface area (Å²) in [5, 5.41) is 8.71. The van der Waals surface area contributed by atoms with Gasteiger partial charge in [-0.25, -0.2) is 0 Å². The van der Waals surface area contributed by atoms with Crippen LogP contribution in [-0.4, -0.2) is 16.8 Å². The van der Waals surface area contributed by atoms with Crippen molar-refractivity contribution in [3.05, 3.63) is 28.2 Å². The molecule has 0 amide bonds. The molecule has 0 atom stereocenters. The third kappa shape index (κ3) is 3.35. The van der Waals surface area contributed by atoms with Crippen molar-refractivity contribution in [2.75, 3.05) is 5.75 Å². The normalized spacial score (nSPS) is 10.1. The van der Waals surface area contributed by atoms with Crippen LogP contribution < -0.4 is 0 Å². The SMILES string of the molecule is CCSc1cc(Br)ccc1CC(=O)O. The van der Waals surface area contributed by atoms with Crippen LogP contribution in [0.1, 0.15) is 12.5 Å². The first-order valence-corrected chi connectivity index (χ1v) is 6.04. The third-order valence-electron chi connectivity index (χ3n) is 1.67. The van der Waals surface area contributed by atoms with E-state index in [2.05, 4.69) is 22.9 Å². The Morgan fingerprint density at radius 1 is 1.57 bits per heavy atom. The van der Waals surface area contributed by atoms with Crippen LogP contribution in [0, 0.1) is 0 Å². The Labute approximate surface area is 95.8 Å². The van der Waals surface area contributed by atoms with E-state index >= 15 is 0 Å². The molecule has 76 valence electrons. The minimum Gasteiger partial charge on any atom is -0.481 e. The summed E-state index contributed by atoms with van der Waals surface area (Å²) in [7, 11) is 0. The average Bonchev–Trinajstić information content (AvgIpc) is 2.09. The van der Waals surface area contributed by atoms with E-state index in [1.807, 2.05) is 18.2 Å². The van der Waals surface area contributed by atoms with E-state index in [4.69, 9.17) is 5.11 Å². The summed E-state index contributed by atoms with van der Waals surface area (Å²) in [5.74, 6) is 0.161. The molecule has 0 spiro atoms. The highest BCUT2D eigenvalue weighted by Gasteiger charge is 2.06. The van der Waals surface area contributed by atoms with Gasteiger partial charge in [-0.2, -0.15) is 0 Å². The number of hydrogen-bond acceptors (Lipinski definition) is 2. The Hall–Kier alpha value is -0.480. The first-order chi connectivity index (χ1) is 6.63. The van der Waals surface area contributed by atoms with Crippen molar-refractivity contribution in [1.29, 1.82) is 0 Å². The van der Waals surface area contributed by atoms with Gasteiger partial charge in [-0.05, 0) is 23.4 Å². The molecule has 4 heteroatoms. The number of carboxylic acids is 1. The number of thioether (sulfide) groups is 1. The molecule has 0 aliphatic rings. The number of carbonyl (C=O) groups is 1. The molecule has 1 N–H and O–H groups in total. The van der Waals surface area contributed by atoms with Crippen LogP contribution in [0.4, 0.5) is 0 Å². The fourth-order valence-electron chi connectivity index (χ4n) is 1.13. The van der Waals surface area contributed by atoms with Gasteiger partial charge in [-0.15, -0.1) is 11.8 Å². The van der Waals surface area contributed by atoms with Crippen molar-refractivity contribution in [2.24, 2.45) is 0 Å². The number of carboxylic acid groups (broad SMARTS) is 1. The van der Waals surface area contributed by atoms with Crippen LogP contribution in [0.3, 0.4) is 0 Å². The zero-order chi connectivity index (χ0) is 10.6. The molecule has 0 radical (unpaired) electrons. The Kier molecular flexibility index (Phi) is 4.48. The van der Waals surface area contributed by atoms with E-state index < -0.39 is 5.97 Å². The lowest BCUT2D eigenvalue weighted by Crippen LogP contribution is -2.01. The van der Waals surface area contributed by atoms with E-state index in [0.29, 0.717) is 0 Å². The van der Waals surface area contributed by atoms with Crippen LogP contribution in [0.25, 0.3) is 0 Å². The maximum Gasteiger partial charge on any atom is 0.307 e. The van der Waals surface area contributed by atoms with Crippen molar-refractivity contribution in [3.8, 4) is 0 Å². The molecule has 2 nitrogen and oxygen atoms in total. The lowest BCUT2D eigenvalue weighted by molar-refractivity contribution is -0.136. The second kappa shape index (κ2) is 5.41. The van der Waals surface area contributed by atoms with Gasteiger partial charge in [0.15, 0.2) is 0 Å². The monoisotopic (exact) mass is 274 g/mol. The zero-order valence-corrected chi connectivity index (χ0v) is 10.2. The summed E-state index contributed by atoms with van der Waals surface area (Å²) in [5.41, 5.74) is 0.882. The largest absolute Gasteiger partial charge is 0.481 e. The maximum absolute atomic E-state index is 10.6. The molecular formula is C10H11BrO2S. The van der Waals surface area contributed by atoms with E-state index in [0.717, 1.165) is 20.7 Å². The molecule has 0 unspecified atom stereocenters. The van der Waals surface area contributed by atoms with Gasteiger partial charge >= 0.3 is 5.97 Å². The minimum atomic E-state index is -0.787. The molecule has 1 aromatic rings. The standard InChI is InChI=1S/C10H11BrO2S/c1-2-14-9-6-8(11)4-3-7(9)5-10(12)13/h3-4,6H,2,5H2,1H3,(H,12,13). The topological polar surface area (TPSA) is 37.3 Å². The highest BCUT2D eigenvalue weighted by molar-refractivity contribution is 9.10. The Morgan fingerprint density at radius 3 is 2.86 bits per heavy atom. The Bertz CT molecular complexity index is 339. The van der Waals surface area contributed by atoms with E-state index in [9.17, 15) is 4.79 Å². The van der Waals surface area contributed by atoms with Gasteiger partial charge in [0.05, 0.1) is 6.42 Å². The van der Waals surface area contributed by atoms with E-state index in [1.54, 1.807) is 11.8 Å². The van der Waals surface area contributed by atoms with Gasteiger partial charge < -0.3 is 5.11 Å². The first-order valence-electron chi connectivity index (χ1n) is 4.26. The van der Waals surface area contributed by atoms with Crippen LogP contribution in [0.2, 0.25) is 0 Å². The van der Waals surface area contributed by atoms with Crippen molar-refractivity contribution in [1.82, 2.24) is 0 Å². The molecule has 0 heterocycles. The maximum atomic E-state index is 10.6. The third-order valence-corrected chi connectivity index (χ3v) is 3.14. The predicted octanol–water partition coefficient (Wildman–Crippen LogP) is 3.19. The van der Waals surface area contributed by atoms with Gasteiger partial charge in [-0.1, -0.05) is 28.9 Å². The molecule has 0 fully saturated rings. The van der Waals surface area contributed by atoms with Gasteiger partial charge in [0, 0.05) is 9.37 Å². The molecule has 0 saturated carbocycles. The molecule has 0 bridgehead atoms. The quantitative estimate of drug-likeness (QED) is 0.857. The van der Waals surface area contributed by atoms with Gasteiger partial charge in [0.1, 0.15) is 0 Å². The van der Waals surface area contributed by atoms with Crippen molar-refractivity contribution >= 4 is 33.7 Å². The number of benzene rings is 1. The summed E-state index contributed by atoms with van der Waals surface area (Å²) < 4.78 is 0.989. The second-order valence-electron chi connectivity index (χ2n) is 2.76. The molecule has 1 rings (SSSR count). The summed E-state index contributed by atoms with van der Waals surface area (Å²) in [6, 6.07) is 5.70. The smallest absolute Gasteiger partial charge is 0.307 e. The summed E-state index contributed by atoms with van der Waals surface area (Å²) in [6.07, 6.45) is 0.0929. The predicted molar refractivity (Wildman–Crippen MR) is 61.9 cm³/mol. The number of aliphatic carboxylic acids is 1. The van der Waals surface area contributed by atoms with Gasteiger partial charge in [0.25, 0.3) is 0 Å². The fraction of sp³-hybridized carbons (Fsp3) is 0.300. The number of rotatable bonds is 4. The zero-order valence-electron chi connectivity index (χ0n) is 7.79. The highest BCUT2D eigenvalue weighted by atomic mass is 79.9. The molecule has 0 aliphatic carbocycles. The average molecular weight is 275 g/mol.